The minimum Gasteiger partial charge on any atom is -0.478 e. The van der Waals surface area contributed by atoms with Crippen molar-refractivity contribution in [3.05, 3.63) is 46.7 Å². The number of hydrogen-bond acceptors (Lipinski definition) is 2. The highest BCUT2D eigenvalue weighted by Gasteiger charge is 2.20. The molecule has 0 amide bonds. The van der Waals surface area contributed by atoms with Gasteiger partial charge in [-0.3, -0.25) is 0 Å². The summed E-state index contributed by atoms with van der Waals surface area (Å²) in [7, 11) is 0. The van der Waals surface area contributed by atoms with Crippen molar-refractivity contribution in [2.45, 2.75) is 19.8 Å². The fraction of sp³-hybridized carbons (Fsp3) is 0.231. The number of carboxylic acid groups (broad SMARTS) is 1. The number of carbonyl (C=O) groups is 1. The predicted octanol–water partition coefficient (Wildman–Crippen LogP) is 3.35. The largest absolute Gasteiger partial charge is 0.478 e. The first-order chi connectivity index (χ1) is 8.50. The van der Waals surface area contributed by atoms with E-state index < -0.39 is 5.97 Å². The molecule has 0 spiro atoms. The molecule has 0 unspecified atom stereocenters. The van der Waals surface area contributed by atoms with Gasteiger partial charge in [-0.05, 0) is 24.1 Å². The van der Waals surface area contributed by atoms with Crippen LogP contribution in [0.25, 0.3) is 5.69 Å². The number of aromatic carboxylic acids is 1. The molecule has 0 bridgehead atoms. The molecule has 2 aromatic rings. The monoisotopic (exact) mass is 264 g/mol. The third-order valence-corrected chi connectivity index (χ3v) is 2.87. The maximum atomic E-state index is 11.2. The van der Waals surface area contributed by atoms with Crippen LogP contribution < -0.4 is 0 Å². The van der Waals surface area contributed by atoms with Gasteiger partial charge in [-0.2, -0.15) is 5.10 Å². The Morgan fingerprint density at radius 3 is 2.72 bits per heavy atom. The lowest BCUT2D eigenvalue weighted by atomic mass is 10.1. The number of benzene rings is 1. The summed E-state index contributed by atoms with van der Waals surface area (Å²) in [5.74, 6) is -0.912. The van der Waals surface area contributed by atoms with E-state index in [0.29, 0.717) is 10.7 Å². The molecule has 1 N–H and O–H groups in total. The number of halogens is 1. The van der Waals surface area contributed by atoms with Gasteiger partial charge in [0.2, 0.25) is 0 Å². The molecule has 0 aliphatic rings. The molecule has 94 valence electrons. The van der Waals surface area contributed by atoms with E-state index in [-0.39, 0.29) is 11.5 Å². The highest BCUT2D eigenvalue weighted by molar-refractivity contribution is 6.30. The lowest BCUT2D eigenvalue weighted by molar-refractivity contribution is 0.0695. The number of carboxylic acids is 1. The zero-order chi connectivity index (χ0) is 13.3. The molecule has 0 aliphatic heterocycles. The summed E-state index contributed by atoms with van der Waals surface area (Å²) in [6.07, 6.45) is 1.37. The van der Waals surface area contributed by atoms with E-state index in [1.807, 2.05) is 26.0 Å². The molecule has 0 atom stereocenters. The maximum absolute atomic E-state index is 11.2. The third-order valence-electron chi connectivity index (χ3n) is 2.64. The Bertz CT molecular complexity index is 590. The van der Waals surface area contributed by atoms with Gasteiger partial charge >= 0.3 is 5.97 Å². The summed E-state index contributed by atoms with van der Waals surface area (Å²) in [5.41, 5.74) is 1.66. The van der Waals surface area contributed by atoms with Crippen molar-refractivity contribution in [3.63, 3.8) is 0 Å². The molecule has 1 aromatic heterocycles. The van der Waals surface area contributed by atoms with E-state index in [1.165, 1.54) is 6.20 Å². The van der Waals surface area contributed by atoms with Gasteiger partial charge in [0, 0.05) is 5.02 Å². The van der Waals surface area contributed by atoms with Gasteiger partial charge in [-0.25, -0.2) is 9.48 Å². The smallest absolute Gasteiger partial charge is 0.339 e. The van der Waals surface area contributed by atoms with Crippen LogP contribution in [0.4, 0.5) is 0 Å². The van der Waals surface area contributed by atoms with E-state index in [0.717, 1.165) is 5.69 Å². The van der Waals surface area contributed by atoms with Crippen molar-refractivity contribution in [1.29, 1.82) is 0 Å². The van der Waals surface area contributed by atoms with Crippen molar-refractivity contribution >= 4 is 17.6 Å². The van der Waals surface area contributed by atoms with Crippen LogP contribution in [0.5, 0.6) is 0 Å². The molecule has 2 rings (SSSR count). The molecule has 0 aliphatic carbocycles. The Hall–Kier alpha value is -1.81. The maximum Gasteiger partial charge on any atom is 0.339 e. The summed E-state index contributed by atoms with van der Waals surface area (Å²) in [5, 5.41) is 13.9. The standard InChI is InChI=1S/C13H13ClN2O2/c1-8(2)12-11(13(17)18)7-15-16(12)10-5-3-4-9(14)6-10/h3-8H,1-2H3,(H,17,18). The van der Waals surface area contributed by atoms with Crippen LogP contribution in [0, 0.1) is 0 Å². The van der Waals surface area contributed by atoms with Gasteiger partial charge in [0.25, 0.3) is 0 Å². The quantitative estimate of drug-likeness (QED) is 0.925. The molecule has 0 radical (unpaired) electrons. The van der Waals surface area contributed by atoms with E-state index in [2.05, 4.69) is 5.10 Å². The molecule has 18 heavy (non-hydrogen) atoms. The first-order valence-electron chi connectivity index (χ1n) is 5.58. The Kier molecular flexibility index (Phi) is 3.39. The Labute approximate surface area is 110 Å². The summed E-state index contributed by atoms with van der Waals surface area (Å²) in [4.78, 5) is 11.2. The zero-order valence-electron chi connectivity index (χ0n) is 10.1. The average molecular weight is 265 g/mol. The van der Waals surface area contributed by atoms with Crippen LogP contribution in [0.2, 0.25) is 5.02 Å². The van der Waals surface area contributed by atoms with Crippen LogP contribution in [-0.2, 0) is 0 Å². The highest BCUT2D eigenvalue weighted by Crippen LogP contribution is 2.24. The van der Waals surface area contributed by atoms with Crippen molar-refractivity contribution in [2.75, 3.05) is 0 Å². The average Bonchev–Trinajstić information content (AvgIpc) is 2.73. The molecule has 1 aromatic carbocycles. The van der Waals surface area contributed by atoms with Gasteiger partial charge in [0.05, 0.1) is 17.6 Å². The predicted molar refractivity (Wildman–Crippen MR) is 69.6 cm³/mol. The fourth-order valence-corrected chi connectivity index (χ4v) is 2.08. The van der Waals surface area contributed by atoms with Crippen LogP contribution in [0.15, 0.2) is 30.5 Å². The second-order valence-electron chi connectivity index (χ2n) is 4.30. The topological polar surface area (TPSA) is 55.1 Å². The van der Waals surface area contributed by atoms with Crippen molar-refractivity contribution in [1.82, 2.24) is 9.78 Å². The lowest BCUT2D eigenvalue weighted by Gasteiger charge is -2.11. The minimum atomic E-state index is -0.966. The van der Waals surface area contributed by atoms with E-state index in [9.17, 15) is 4.79 Å². The first kappa shape index (κ1) is 12.6. The summed E-state index contributed by atoms with van der Waals surface area (Å²) < 4.78 is 1.62. The van der Waals surface area contributed by atoms with Gasteiger partial charge in [-0.1, -0.05) is 31.5 Å². The number of hydrogen-bond donors (Lipinski definition) is 1. The zero-order valence-corrected chi connectivity index (χ0v) is 10.8. The molecule has 4 nitrogen and oxygen atoms in total. The molecule has 1 heterocycles. The summed E-state index contributed by atoms with van der Waals surface area (Å²) in [6, 6.07) is 7.17. The lowest BCUT2D eigenvalue weighted by Crippen LogP contribution is -2.08. The van der Waals surface area contributed by atoms with Gasteiger partial charge in [0.15, 0.2) is 0 Å². The van der Waals surface area contributed by atoms with Crippen LogP contribution in [0.1, 0.15) is 35.8 Å². The van der Waals surface area contributed by atoms with Crippen LogP contribution >= 0.6 is 11.6 Å². The number of aromatic nitrogens is 2. The van der Waals surface area contributed by atoms with Crippen LogP contribution in [0.3, 0.4) is 0 Å². The normalized spacial score (nSPS) is 10.9. The molecular formula is C13H13ClN2O2. The van der Waals surface area contributed by atoms with Crippen LogP contribution in [-0.4, -0.2) is 20.9 Å². The molecular weight excluding hydrogens is 252 g/mol. The second-order valence-corrected chi connectivity index (χ2v) is 4.73. The SMILES string of the molecule is CC(C)c1c(C(=O)O)cnn1-c1cccc(Cl)c1. The molecule has 0 fully saturated rings. The summed E-state index contributed by atoms with van der Waals surface area (Å²) >= 11 is 5.94. The first-order valence-corrected chi connectivity index (χ1v) is 5.95. The van der Waals surface area contributed by atoms with Crippen molar-refractivity contribution in [2.24, 2.45) is 0 Å². The van der Waals surface area contributed by atoms with Crippen molar-refractivity contribution < 1.29 is 9.90 Å². The third kappa shape index (κ3) is 2.24. The second kappa shape index (κ2) is 4.82. The molecule has 5 heteroatoms. The van der Waals surface area contributed by atoms with E-state index >= 15 is 0 Å². The molecule has 0 saturated carbocycles. The Morgan fingerprint density at radius 2 is 2.17 bits per heavy atom. The Balaban J connectivity index is 2.61. The number of rotatable bonds is 3. The van der Waals surface area contributed by atoms with Gasteiger partial charge < -0.3 is 5.11 Å². The fourth-order valence-electron chi connectivity index (χ4n) is 1.89. The van der Waals surface area contributed by atoms with E-state index in [4.69, 9.17) is 16.7 Å². The van der Waals surface area contributed by atoms with Crippen molar-refractivity contribution in [3.8, 4) is 5.69 Å². The minimum absolute atomic E-state index is 0.0533. The van der Waals surface area contributed by atoms with Gasteiger partial charge in [0.1, 0.15) is 5.56 Å². The Morgan fingerprint density at radius 1 is 1.44 bits per heavy atom. The molecule has 0 saturated heterocycles. The summed E-state index contributed by atoms with van der Waals surface area (Å²) in [6.45, 7) is 3.87. The highest BCUT2D eigenvalue weighted by atomic mass is 35.5. The van der Waals surface area contributed by atoms with Gasteiger partial charge in [-0.15, -0.1) is 0 Å². The number of nitrogens with zero attached hydrogens (tertiary/aromatic N) is 2. The van der Waals surface area contributed by atoms with E-state index in [1.54, 1.807) is 16.8 Å².